The summed E-state index contributed by atoms with van der Waals surface area (Å²) in [7, 11) is 3.96. The predicted molar refractivity (Wildman–Crippen MR) is 77.8 cm³/mol. The minimum absolute atomic E-state index is 0.236. The molecule has 90 valence electrons. The van der Waals surface area contributed by atoms with Crippen LogP contribution in [0.5, 0.6) is 0 Å². The molecule has 0 aromatic carbocycles. The summed E-state index contributed by atoms with van der Waals surface area (Å²) in [5.41, 5.74) is 0. The summed E-state index contributed by atoms with van der Waals surface area (Å²) in [5.74, 6) is 5.26. The number of thioether (sulfide) groups is 1. The molecule has 2 N–H and O–H groups in total. The van der Waals surface area contributed by atoms with Gasteiger partial charge >= 0.3 is 0 Å². The SMILES string of the molecule is CN(C)c1ccc(/C=C2\SC(=S)N(N)C2=O)s1. The zero-order chi connectivity index (χ0) is 12.6. The molecule has 1 amide bonds. The first-order chi connectivity index (χ1) is 7.99. The van der Waals surface area contributed by atoms with Crippen LogP contribution in [0.15, 0.2) is 17.0 Å². The Kier molecular flexibility index (Phi) is 3.53. The van der Waals surface area contributed by atoms with Gasteiger partial charge in [-0.2, -0.15) is 0 Å². The molecule has 1 aromatic heterocycles. The molecule has 0 atom stereocenters. The molecule has 0 saturated carbocycles. The van der Waals surface area contributed by atoms with E-state index in [2.05, 4.69) is 0 Å². The van der Waals surface area contributed by atoms with Crippen molar-refractivity contribution in [1.29, 1.82) is 0 Å². The van der Waals surface area contributed by atoms with E-state index in [0.29, 0.717) is 9.23 Å². The first kappa shape index (κ1) is 12.6. The van der Waals surface area contributed by atoms with Crippen molar-refractivity contribution in [3.63, 3.8) is 0 Å². The van der Waals surface area contributed by atoms with Gasteiger partial charge in [-0.1, -0.05) is 24.0 Å². The summed E-state index contributed by atoms with van der Waals surface area (Å²) in [6, 6.07) is 3.99. The van der Waals surface area contributed by atoms with Gasteiger partial charge < -0.3 is 4.90 Å². The molecular formula is C10H11N3OS3. The fourth-order valence-corrected chi connectivity index (χ4v) is 3.31. The van der Waals surface area contributed by atoms with Crippen LogP contribution in [-0.4, -0.2) is 29.3 Å². The Morgan fingerprint density at radius 2 is 2.18 bits per heavy atom. The monoisotopic (exact) mass is 285 g/mol. The maximum absolute atomic E-state index is 11.7. The Balaban J connectivity index is 2.25. The van der Waals surface area contributed by atoms with E-state index in [4.69, 9.17) is 18.1 Å². The number of carbonyl (C=O) groups is 1. The summed E-state index contributed by atoms with van der Waals surface area (Å²) >= 11 is 7.80. The van der Waals surface area contributed by atoms with E-state index in [1.807, 2.05) is 37.2 Å². The van der Waals surface area contributed by atoms with Crippen molar-refractivity contribution in [2.45, 2.75) is 0 Å². The molecule has 0 aliphatic carbocycles. The van der Waals surface area contributed by atoms with Gasteiger partial charge in [0.15, 0.2) is 4.32 Å². The molecular weight excluding hydrogens is 274 g/mol. The van der Waals surface area contributed by atoms with E-state index in [1.165, 1.54) is 11.8 Å². The number of anilines is 1. The van der Waals surface area contributed by atoms with Crippen LogP contribution in [0.3, 0.4) is 0 Å². The summed E-state index contributed by atoms with van der Waals surface area (Å²) in [4.78, 5) is 15.3. The maximum Gasteiger partial charge on any atom is 0.280 e. The van der Waals surface area contributed by atoms with Gasteiger partial charge in [-0.3, -0.25) is 4.79 Å². The van der Waals surface area contributed by atoms with Crippen molar-refractivity contribution in [3.05, 3.63) is 21.9 Å². The zero-order valence-corrected chi connectivity index (χ0v) is 11.8. The van der Waals surface area contributed by atoms with Gasteiger partial charge in [0.1, 0.15) is 0 Å². The highest BCUT2D eigenvalue weighted by atomic mass is 32.2. The van der Waals surface area contributed by atoms with Crippen LogP contribution in [0, 0.1) is 0 Å². The predicted octanol–water partition coefficient (Wildman–Crippen LogP) is 1.89. The van der Waals surface area contributed by atoms with Gasteiger partial charge in [0.2, 0.25) is 0 Å². The number of thiocarbonyl (C=S) groups is 1. The van der Waals surface area contributed by atoms with Crippen molar-refractivity contribution in [3.8, 4) is 0 Å². The molecule has 2 rings (SSSR count). The lowest BCUT2D eigenvalue weighted by molar-refractivity contribution is -0.122. The fraction of sp³-hybridized carbons (Fsp3) is 0.200. The molecule has 1 aliphatic rings. The Hall–Kier alpha value is -0.890. The highest BCUT2D eigenvalue weighted by Crippen LogP contribution is 2.33. The van der Waals surface area contributed by atoms with Gasteiger partial charge in [-0.15, -0.1) is 11.3 Å². The van der Waals surface area contributed by atoms with Gasteiger partial charge in [0, 0.05) is 19.0 Å². The average Bonchev–Trinajstić information content (AvgIpc) is 2.82. The van der Waals surface area contributed by atoms with Gasteiger partial charge in [-0.05, 0) is 18.2 Å². The maximum atomic E-state index is 11.7. The Morgan fingerprint density at radius 3 is 2.65 bits per heavy atom. The second-order valence-corrected chi connectivity index (χ2v) is 6.39. The third-order valence-corrected chi connectivity index (χ3v) is 4.68. The Morgan fingerprint density at radius 1 is 1.47 bits per heavy atom. The van der Waals surface area contributed by atoms with Crippen molar-refractivity contribution < 1.29 is 4.79 Å². The van der Waals surface area contributed by atoms with Crippen LogP contribution in [0.25, 0.3) is 6.08 Å². The van der Waals surface area contributed by atoms with Crippen molar-refractivity contribution in [1.82, 2.24) is 5.01 Å². The Labute approximate surface area is 113 Å². The minimum atomic E-state index is -0.236. The molecule has 1 saturated heterocycles. The smallest absolute Gasteiger partial charge is 0.280 e. The topological polar surface area (TPSA) is 49.6 Å². The Bertz CT molecular complexity index is 507. The number of nitrogens with zero attached hydrogens (tertiary/aromatic N) is 2. The van der Waals surface area contributed by atoms with Crippen molar-refractivity contribution in [2.75, 3.05) is 19.0 Å². The van der Waals surface area contributed by atoms with Crippen LogP contribution < -0.4 is 10.7 Å². The quantitative estimate of drug-likeness (QED) is 0.389. The summed E-state index contributed by atoms with van der Waals surface area (Å²) < 4.78 is 0.394. The van der Waals surface area contributed by atoms with Crippen LogP contribution in [0.4, 0.5) is 5.00 Å². The van der Waals surface area contributed by atoms with Gasteiger partial charge in [-0.25, -0.2) is 10.9 Å². The first-order valence-electron chi connectivity index (χ1n) is 4.79. The summed E-state index contributed by atoms with van der Waals surface area (Å²) in [5, 5.41) is 2.14. The van der Waals surface area contributed by atoms with Crippen LogP contribution in [0.1, 0.15) is 4.88 Å². The minimum Gasteiger partial charge on any atom is -0.370 e. The lowest BCUT2D eigenvalue weighted by atomic mass is 10.4. The number of hydrazine groups is 1. The number of rotatable bonds is 2. The van der Waals surface area contributed by atoms with E-state index in [-0.39, 0.29) is 5.91 Å². The largest absolute Gasteiger partial charge is 0.370 e. The molecule has 2 heterocycles. The lowest BCUT2D eigenvalue weighted by Gasteiger charge is -2.06. The molecule has 0 unspecified atom stereocenters. The second kappa shape index (κ2) is 4.77. The van der Waals surface area contributed by atoms with Crippen LogP contribution in [0.2, 0.25) is 0 Å². The molecule has 0 bridgehead atoms. The molecule has 7 heteroatoms. The number of hydrogen-bond donors (Lipinski definition) is 1. The van der Waals surface area contributed by atoms with Gasteiger partial charge in [0.25, 0.3) is 5.91 Å². The third kappa shape index (κ3) is 2.52. The number of hydrogen-bond acceptors (Lipinski definition) is 6. The molecule has 0 spiro atoms. The summed E-state index contributed by atoms with van der Waals surface area (Å²) in [6.45, 7) is 0. The van der Waals surface area contributed by atoms with E-state index < -0.39 is 0 Å². The molecule has 1 fully saturated rings. The van der Waals surface area contributed by atoms with Crippen molar-refractivity contribution in [2.24, 2.45) is 5.84 Å². The lowest BCUT2D eigenvalue weighted by Crippen LogP contribution is -2.34. The third-order valence-electron chi connectivity index (χ3n) is 2.15. The second-order valence-electron chi connectivity index (χ2n) is 3.62. The molecule has 17 heavy (non-hydrogen) atoms. The molecule has 1 aromatic rings. The standard InChI is InChI=1S/C10H11N3OS3/c1-12(2)8-4-3-6(16-8)5-7-9(14)13(11)10(15)17-7/h3-5H,11H2,1-2H3/b7-5-. The van der Waals surface area contributed by atoms with E-state index >= 15 is 0 Å². The van der Waals surface area contributed by atoms with Crippen LogP contribution in [-0.2, 0) is 4.79 Å². The van der Waals surface area contributed by atoms with Crippen LogP contribution >= 0.6 is 35.3 Å². The van der Waals surface area contributed by atoms with Crippen molar-refractivity contribution >= 4 is 56.6 Å². The van der Waals surface area contributed by atoms with Gasteiger partial charge in [0.05, 0.1) is 9.91 Å². The highest BCUT2D eigenvalue weighted by Gasteiger charge is 2.29. The zero-order valence-electron chi connectivity index (χ0n) is 9.34. The highest BCUT2D eigenvalue weighted by molar-refractivity contribution is 8.26. The van der Waals surface area contributed by atoms with E-state index in [0.717, 1.165) is 14.9 Å². The number of carbonyl (C=O) groups excluding carboxylic acids is 1. The fourth-order valence-electron chi connectivity index (χ4n) is 1.27. The molecule has 1 aliphatic heterocycles. The molecule has 0 radical (unpaired) electrons. The first-order valence-corrected chi connectivity index (χ1v) is 6.83. The average molecular weight is 285 g/mol. The number of thiophene rings is 1. The number of nitrogens with two attached hydrogens (primary N) is 1. The van der Waals surface area contributed by atoms with E-state index in [9.17, 15) is 4.79 Å². The summed E-state index contributed by atoms with van der Waals surface area (Å²) in [6.07, 6.45) is 1.82. The van der Waals surface area contributed by atoms with E-state index in [1.54, 1.807) is 11.3 Å². The normalized spacial score (nSPS) is 18.3. The number of amides is 1. The molecule has 4 nitrogen and oxygen atoms in total.